The van der Waals surface area contributed by atoms with Crippen LogP contribution in [0.2, 0.25) is 0 Å². The molecule has 1 aromatic carbocycles. The lowest BCUT2D eigenvalue weighted by Crippen LogP contribution is -2.21. The van der Waals surface area contributed by atoms with Crippen molar-refractivity contribution in [3.63, 3.8) is 0 Å². The fraction of sp³-hybridized carbons (Fsp3) is 0.333. The smallest absolute Gasteiger partial charge is 0.309 e. The third-order valence-corrected chi connectivity index (χ3v) is 4.27. The van der Waals surface area contributed by atoms with Crippen molar-refractivity contribution >= 4 is 11.6 Å². The number of carboxylic acids is 1. The molecule has 0 bridgehead atoms. The number of aliphatic carboxylic acids is 1. The summed E-state index contributed by atoms with van der Waals surface area (Å²) in [5.74, 6) is 0.0921. The van der Waals surface area contributed by atoms with E-state index < -0.39 is 11.4 Å². The molecule has 0 saturated carbocycles. The van der Waals surface area contributed by atoms with Gasteiger partial charge in [0.1, 0.15) is 6.61 Å². The Morgan fingerprint density at radius 1 is 1.19 bits per heavy atom. The Balaban J connectivity index is 0.000000260. The highest BCUT2D eigenvalue weighted by atomic mass is 16.5. The Bertz CT molecular complexity index is 854. The van der Waals surface area contributed by atoms with Crippen molar-refractivity contribution < 1.29 is 14.6 Å². The number of hydrogen-bond acceptors (Lipinski definition) is 3. The Morgan fingerprint density at radius 2 is 1.88 bits per heavy atom. The van der Waals surface area contributed by atoms with Crippen LogP contribution in [-0.4, -0.2) is 20.5 Å². The summed E-state index contributed by atoms with van der Waals surface area (Å²) in [5.41, 5.74) is 2.47. The van der Waals surface area contributed by atoms with Gasteiger partial charge in [-0.25, -0.2) is 4.98 Å². The van der Waals surface area contributed by atoms with Crippen LogP contribution in [0.5, 0.6) is 5.75 Å². The molecule has 0 radical (unpaired) electrons. The summed E-state index contributed by atoms with van der Waals surface area (Å²) in [7, 11) is 0. The summed E-state index contributed by atoms with van der Waals surface area (Å²) in [6, 6.07) is 14.0. The van der Waals surface area contributed by atoms with Crippen molar-refractivity contribution in [2.45, 2.75) is 40.7 Å². The van der Waals surface area contributed by atoms with Gasteiger partial charge in [0.15, 0.2) is 11.4 Å². The second-order valence-electron chi connectivity index (χ2n) is 6.80. The molecule has 0 amide bonds. The van der Waals surface area contributed by atoms with E-state index >= 15 is 0 Å². The van der Waals surface area contributed by atoms with E-state index in [-0.39, 0.29) is 0 Å². The molecule has 3 rings (SSSR count). The van der Waals surface area contributed by atoms with Crippen LogP contribution < -0.4 is 4.74 Å². The minimum atomic E-state index is -0.722. The molecule has 0 aliphatic carbocycles. The lowest BCUT2D eigenvalue weighted by molar-refractivity contribution is -0.147. The van der Waals surface area contributed by atoms with Crippen LogP contribution in [-0.2, 0) is 11.4 Å². The number of hydrogen-bond donors (Lipinski definition) is 1. The predicted octanol–water partition coefficient (Wildman–Crippen LogP) is 4.73. The van der Waals surface area contributed by atoms with Crippen LogP contribution >= 0.6 is 0 Å². The standard InChI is InChI=1S/C15H14N2O.C6H12O2/c1-12-10-17-9-5-8-14(15(17)16-12)18-11-13-6-3-2-4-7-13;1-4-6(2,3)5(7)8/h2-10H,11H2,1H3;4H2,1-3H3,(H,7,8). The Kier molecular flexibility index (Phi) is 6.39. The molecule has 1 N–H and O–H groups in total. The number of ether oxygens (including phenoxy) is 1. The van der Waals surface area contributed by atoms with E-state index in [9.17, 15) is 4.79 Å². The van der Waals surface area contributed by atoms with Gasteiger partial charge in [0.2, 0.25) is 0 Å². The first-order valence-electron chi connectivity index (χ1n) is 8.68. The van der Waals surface area contributed by atoms with Crippen LogP contribution in [0.3, 0.4) is 0 Å². The SMILES string of the molecule is CCC(C)(C)C(=O)O.Cc1cn2cccc(OCc3ccccc3)c2n1. The number of imidazole rings is 1. The van der Waals surface area contributed by atoms with Gasteiger partial charge in [0.05, 0.1) is 11.1 Å². The first-order valence-corrected chi connectivity index (χ1v) is 8.68. The van der Waals surface area contributed by atoms with Gasteiger partial charge in [-0.1, -0.05) is 37.3 Å². The molecule has 0 aliphatic heterocycles. The highest BCUT2D eigenvalue weighted by Gasteiger charge is 2.23. The van der Waals surface area contributed by atoms with Crippen molar-refractivity contribution in [1.82, 2.24) is 9.38 Å². The number of fused-ring (bicyclic) bond motifs is 1. The van der Waals surface area contributed by atoms with E-state index in [4.69, 9.17) is 9.84 Å². The fourth-order valence-corrected chi connectivity index (χ4v) is 2.11. The quantitative estimate of drug-likeness (QED) is 0.719. The van der Waals surface area contributed by atoms with Crippen LogP contribution in [0.1, 0.15) is 38.4 Å². The maximum atomic E-state index is 10.3. The molecular formula is C21H26N2O3. The summed E-state index contributed by atoms with van der Waals surface area (Å²) in [6.45, 7) is 7.85. The number of nitrogens with zero attached hydrogens (tertiary/aromatic N) is 2. The zero-order chi connectivity index (χ0) is 19.2. The van der Waals surface area contributed by atoms with Crippen molar-refractivity contribution in [2.24, 2.45) is 5.41 Å². The Hall–Kier alpha value is -2.82. The third kappa shape index (κ3) is 5.09. The summed E-state index contributed by atoms with van der Waals surface area (Å²) in [5, 5.41) is 8.44. The van der Waals surface area contributed by atoms with Gasteiger partial charge in [-0.2, -0.15) is 0 Å². The van der Waals surface area contributed by atoms with E-state index in [1.54, 1.807) is 13.8 Å². The number of aryl methyl sites for hydroxylation is 1. The van der Waals surface area contributed by atoms with Crippen molar-refractivity contribution in [3.8, 4) is 5.75 Å². The number of carboxylic acid groups (broad SMARTS) is 1. The molecule has 3 aromatic rings. The molecule has 0 saturated heterocycles. The lowest BCUT2D eigenvalue weighted by Gasteiger charge is -2.14. The molecule has 2 heterocycles. The molecule has 5 nitrogen and oxygen atoms in total. The first kappa shape index (κ1) is 19.5. The topological polar surface area (TPSA) is 63.8 Å². The molecule has 138 valence electrons. The summed E-state index contributed by atoms with van der Waals surface area (Å²) in [4.78, 5) is 14.7. The van der Waals surface area contributed by atoms with Gasteiger partial charge in [-0.05, 0) is 44.9 Å². The molecule has 0 aliphatic rings. The number of carbonyl (C=O) groups is 1. The molecule has 0 fully saturated rings. The van der Waals surface area contributed by atoms with E-state index in [2.05, 4.69) is 17.1 Å². The highest BCUT2D eigenvalue weighted by molar-refractivity contribution is 5.73. The zero-order valence-corrected chi connectivity index (χ0v) is 15.8. The molecule has 2 aromatic heterocycles. The van der Waals surface area contributed by atoms with Gasteiger partial charge in [-0.15, -0.1) is 0 Å². The third-order valence-electron chi connectivity index (χ3n) is 4.27. The Labute approximate surface area is 154 Å². The second-order valence-corrected chi connectivity index (χ2v) is 6.80. The van der Waals surface area contributed by atoms with Gasteiger partial charge < -0.3 is 14.2 Å². The van der Waals surface area contributed by atoms with Crippen molar-refractivity contribution in [3.05, 3.63) is 66.1 Å². The van der Waals surface area contributed by atoms with E-state index in [0.29, 0.717) is 13.0 Å². The normalized spacial score (nSPS) is 10.9. The van der Waals surface area contributed by atoms with E-state index in [0.717, 1.165) is 22.7 Å². The largest absolute Gasteiger partial charge is 0.485 e. The van der Waals surface area contributed by atoms with Crippen molar-refractivity contribution in [1.29, 1.82) is 0 Å². The van der Waals surface area contributed by atoms with Gasteiger partial charge in [0.25, 0.3) is 0 Å². The fourth-order valence-electron chi connectivity index (χ4n) is 2.11. The lowest BCUT2D eigenvalue weighted by atomic mass is 9.91. The number of pyridine rings is 1. The molecule has 0 spiro atoms. The average molecular weight is 354 g/mol. The molecule has 26 heavy (non-hydrogen) atoms. The number of aromatic nitrogens is 2. The summed E-state index contributed by atoms with van der Waals surface area (Å²) in [6.07, 6.45) is 4.65. The predicted molar refractivity (Wildman–Crippen MR) is 102 cm³/mol. The van der Waals surface area contributed by atoms with Crippen LogP contribution in [0.15, 0.2) is 54.9 Å². The molecule has 5 heteroatoms. The minimum Gasteiger partial charge on any atom is -0.485 e. The van der Waals surface area contributed by atoms with Crippen LogP contribution in [0.4, 0.5) is 0 Å². The van der Waals surface area contributed by atoms with Crippen molar-refractivity contribution in [2.75, 3.05) is 0 Å². The highest BCUT2D eigenvalue weighted by Crippen LogP contribution is 2.20. The van der Waals surface area contributed by atoms with Gasteiger partial charge >= 0.3 is 5.97 Å². The first-order chi connectivity index (χ1) is 12.3. The average Bonchev–Trinajstić information content (AvgIpc) is 3.02. The zero-order valence-electron chi connectivity index (χ0n) is 15.8. The maximum Gasteiger partial charge on any atom is 0.309 e. The van der Waals surface area contributed by atoms with Gasteiger partial charge in [0, 0.05) is 12.4 Å². The maximum absolute atomic E-state index is 10.3. The molecule has 0 atom stereocenters. The Morgan fingerprint density at radius 3 is 2.46 bits per heavy atom. The molecule has 0 unspecified atom stereocenters. The summed E-state index contributed by atoms with van der Waals surface area (Å²) >= 11 is 0. The summed E-state index contributed by atoms with van der Waals surface area (Å²) < 4.78 is 7.82. The van der Waals surface area contributed by atoms with Gasteiger partial charge in [-0.3, -0.25) is 4.79 Å². The number of benzene rings is 1. The second kappa shape index (κ2) is 8.52. The van der Waals surface area contributed by atoms with E-state index in [1.807, 2.05) is 61.0 Å². The van der Waals surface area contributed by atoms with E-state index in [1.165, 1.54) is 0 Å². The number of rotatable bonds is 5. The van der Waals surface area contributed by atoms with Crippen LogP contribution in [0, 0.1) is 12.3 Å². The van der Waals surface area contributed by atoms with Crippen LogP contribution in [0.25, 0.3) is 5.65 Å². The molecular weight excluding hydrogens is 328 g/mol. The minimum absolute atomic E-state index is 0.542. The monoisotopic (exact) mass is 354 g/mol.